The molecule has 1 aromatic rings. The Bertz CT molecular complexity index is 1260. The van der Waals surface area contributed by atoms with Crippen LogP contribution in [0.2, 0.25) is 0 Å². The van der Waals surface area contributed by atoms with Crippen LogP contribution in [0.3, 0.4) is 0 Å². The second kappa shape index (κ2) is 7.85. The zero-order valence-electron chi connectivity index (χ0n) is 15.9. The first-order chi connectivity index (χ1) is 15.0. The van der Waals surface area contributed by atoms with Crippen molar-refractivity contribution >= 4 is 61.0 Å². The van der Waals surface area contributed by atoms with Crippen molar-refractivity contribution in [3.8, 4) is 5.75 Å². The van der Waals surface area contributed by atoms with Crippen LogP contribution >= 0.6 is 31.9 Å². The van der Waals surface area contributed by atoms with Gasteiger partial charge < -0.3 is 20.6 Å². The average Bonchev–Trinajstić information content (AvgIpc) is 3.15. The molecule has 0 unspecified atom stereocenters. The van der Waals surface area contributed by atoms with Gasteiger partial charge in [-0.1, -0.05) is 50.1 Å². The van der Waals surface area contributed by atoms with Crippen LogP contribution in [0, 0.1) is 0 Å². The smallest absolute Gasteiger partial charge is 0.490 e. The first kappa shape index (κ1) is 22.7. The Labute approximate surface area is 195 Å². The first-order valence-corrected chi connectivity index (χ1v) is 10.7. The SMILES string of the molecule is O=C(O)C(F)(F)F.Oc1c2c(c3c4c1N=CC=4CCN=3)C1(C=CN2)C=C(Br)C(O)C(Br)=C1. The van der Waals surface area contributed by atoms with Gasteiger partial charge in [-0.25, -0.2) is 4.79 Å². The normalized spacial score (nSPS) is 24.4. The van der Waals surface area contributed by atoms with Crippen LogP contribution in [-0.4, -0.2) is 46.3 Å². The highest BCUT2D eigenvalue weighted by Gasteiger charge is 2.40. The summed E-state index contributed by atoms with van der Waals surface area (Å²) in [5, 5.41) is 33.1. The number of nitrogens with zero attached hydrogens (tertiary/aromatic N) is 2. The predicted octanol–water partition coefficient (Wildman–Crippen LogP) is 3.02. The molecule has 5 rings (SSSR count). The number of aliphatic hydroxyl groups excluding tert-OH is 1. The fourth-order valence-corrected chi connectivity index (χ4v) is 5.48. The number of phenolic OH excluding ortho intramolecular Hbond substituents is 1. The van der Waals surface area contributed by atoms with Gasteiger partial charge in [0.15, 0.2) is 5.75 Å². The second-order valence-corrected chi connectivity index (χ2v) is 9.09. The molecule has 0 amide bonds. The number of rotatable bonds is 0. The number of halogens is 5. The maximum absolute atomic E-state index is 10.8. The maximum atomic E-state index is 10.8. The summed E-state index contributed by atoms with van der Waals surface area (Å²) in [5.74, 6) is -2.62. The van der Waals surface area contributed by atoms with E-state index in [0.717, 1.165) is 28.1 Å². The minimum absolute atomic E-state index is 0.140. The topological polar surface area (TPSA) is 115 Å². The third kappa shape index (κ3) is 3.59. The summed E-state index contributed by atoms with van der Waals surface area (Å²) in [6, 6.07) is 0. The van der Waals surface area contributed by atoms with Crippen LogP contribution in [-0.2, 0) is 10.2 Å². The Morgan fingerprint density at radius 1 is 1.25 bits per heavy atom. The number of aliphatic hydroxyl groups is 1. The van der Waals surface area contributed by atoms with Gasteiger partial charge in [-0.05, 0) is 18.2 Å². The summed E-state index contributed by atoms with van der Waals surface area (Å²) in [6.45, 7) is 0.698. The monoisotopic (exact) mass is 575 g/mol. The molecular weight excluding hydrogens is 563 g/mol. The maximum Gasteiger partial charge on any atom is 0.490 e. The molecule has 3 heterocycles. The van der Waals surface area contributed by atoms with E-state index in [2.05, 4.69) is 42.2 Å². The van der Waals surface area contributed by atoms with Crippen LogP contribution in [0.1, 0.15) is 12.0 Å². The van der Waals surface area contributed by atoms with Gasteiger partial charge in [0, 0.05) is 32.5 Å². The standard InChI is InChI=1S/C18H13Br2N3O2.C2HF3O2/c19-9-5-18(6-10(20)16(9)24)2-4-22-15-12(18)13-11-8(1-3-21-13)7-23-14(11)17(15)25;3-2(4,5)1(6)7/h2,4-7,16,22,24-25H,1,3H2;(H,6,7). The fraction of sp³-hybridized carbons (Fsp3) is 0.250. The lowest BCUT2D eigenvalue weighted by Gasteiger charge is -2.35. The Morgan fingerprint density at radius 3 is 2.47 bits per heavy atom. The van der Waals surface area contributed by atoms with Crippen LogP contribution in [0.15, 0.2) is 43.4 Å². The van der Waals surface area contributed by atoms with E-state index >= 15 is 0 Å². The first-order valence-electron chi connectivity index (χ1n) is 9.16. The lowest BCUT2D eigenvalue weighted by molar-refractivity contribution is -0.192. The number of carboxylic acids is 1. The summed E-state index contributed by atoms with van der Waals surface area (Å²) in [7, 11) is 0. The van der Waals surface area contributed by atoms with Gasteiger partial charge in [0.2, 0.25) is 0 Å². The van der Waals surface area contributed by atoms with E-state index in [4.69, 9.17) is 14.9 Å². The van der Waals surface area contributed by atoms with Crippen molar-refractivity contribution in [3.05, 3.63) is 49.5 Å². The quantitative estimate of drug-likeness (QED) is 0.355. The molecule has 1 aliphatic carbocycles. The summed E-state index contributed by atoms with van der Waals surface area (Å²) in [4.78, 5) is 18.1. The third-order valence-electron chi connectivity index (χ3n) is 5.28. The number of aliphatic carboxylic acids is 1. The molecule has 0 aromatic heterocycles. The minimum atomic E-state index is -5.08. The average molecular weight is 577 g/mol. The molecule has 32 heavy (non-hydrogen) atoms. The summed E-state index contributed by atoms with van der Waals surface area (Å²) < 4.78 is 33.1. The number of fused-ring (bicyclic) bond motifs is 3. The fourth-order valence-electron chi connectivity index (χ4n) is 3.92. The van der Waals surface area contributed by atoms with E-state index < -0.39 is 23.7 Å². The Balaban J connectivity index is 0.000000307. The molecule has 0 bridgehead atoms. The number of allylic oxidation sites excluding steroid dienone is 3. The molecule has 0 fully saturated rings. The highest BCUT2D eigenvalue weighted by molar-refractivity contribution is 9.12. The zero-order valence-corrected chi connectivity index (χ0v) is 19.1. The van der Waals surface area contributed by atoms with E-state index in [1.165, 1.54) is 0 Å². The van der Waals surface area contributed by atoms with Crippen LogP contribution in [0.25, 0.3) is 5.57 Å². The molecule has 3 aliphatic heterocycles. The number of hydrogen-bond acceptors (Lipinski definition) is 6. The number of carboxylic acid groups (broad SMARTS) is 1. The molecule has 4 aliphatic rings. The van der Waals surface area contributed by atoms with Gasteiger partial charge in [0.25, 0.3) is 0 Å². The third-order valence-corrected chi connectivity index (χ3v) is 6.61. The van der Waals surface area contributed by atoms with E-state index in [-0.39, 0.29) is 5.75 Å². The van der Waals surface area contributed by atoms with Gasteiger partial charge in [0.05, 0.1) is 16.5 Å². The Morgan fingerprint density at radius 2 is 1.88 bits per heavy atom. The largest absolute Gasteiger partial charge is 0.504 e. The zero-order chi connectivity index (χ0) is 23.4. The molecule has 7 nitrogen and oxygen atoms in total. The summed E-state index contributed by atoms with van der Waals surface area (Å²) in [5.41, 5.74) is 2.59. The van der Waals surface area contributed by atoms with Crippen molar-refractivity contribution in [1.82, 2.24) is 0 Å². The molecule has 0 atom stereocenters. The van der Waals surface area contributed by atoms with Crippen LogP contribution in [0.4, 0.5) is 24.5 Å². The summed E-state index contributed by atoms with van der Waals surface area (Å²) in [6.07, 6.45) is 4.58. The van der Waals surface area contributed by atoms with Gasteiger partial charge >= 0.3 is 12.1 Å². The van der Waals surface area contributed by atoms with Gasteiger partial charge in [-0.2, -0.15) is 13.2 Å². The second-order valence-electron chi connectivity index (χ2n) is 7.26. The van der Waals surface area contributed by atoms with E-state index in [9.17, 15) is 23.4 Å². The lowest BCUT2D eigenvalue weighted by atomic mass is 9.74. The number of phenols is 1. The van der Waals surface area contributed by atoms with Gasteiger partial charge in [-0.15, -0.1) is 0 Å². The Hall–Kier alpha value is -2.44. The van der Waals surface area contributed by atoms with E-state index in [1.807, 2.05) is 24.4 Å². The van der Waals surface area contributed by atoms with Crippen molar-refractivity contribution in [2.45, 2.75) is 24.1 Å². The molecule has 0 radical (unpaired) electrons. The van der Waals surface area contributed by atoms with Crippen LogP contribution < -0.4 is 15.9 Å². The molecule has 12 heteroatoms. The van der Waals surface area contributed by atoms with Crippen molar-refractivity contribution in [1.29, 1.82) is 0 Å². The molecule has 4 N–H and O–H groups in total. The number of carbonyl (C=O) groups is 1. The van der Waals surface area contributed by atoms with E-state index in [0.29, 0.717) is 26.9 Å². The molecule has 1 spiro atoms. The number of nitrogens with one attached hydrogen (secondary N) is 1. The van der Waals surface area contributed by atoms with Crippen LogP contribution in [0.5, 0.6) is 5.75 Å². The Kier molecular flexibility index (Phi) is 5.58. The van der Waals surface area contributed by atoms with Crippen molar-refractivity contribution in [2.24, 2.45) is 9.98 Å². The molecule has 0 saturated carbocycles. The molecular formula is C20H14Br2F3N3O4. The van der Waals surface area contributed by atoms with Crippen molar-refractivity contribution < 1.29 is 33.3 Å². The lowest BCUT2D eigenvalue weighted by Crippen LogP contribution is -2.42. The van der Waals surface area contributed by atoms with Crippen molar-refractivity contribution in [3.63, 3.8) is 0 Å². The highest BCUT2D eigenvalue weighted by Crippen LogP contribution is 2.47. The number of anilines is 1. The summed E-state index contributed by atoms with van der Waals surface area (Å²) >= 11 is 6.95. The van der Waals surface area contributed by atoms with Gasteiger partial charge in [-0.3, -0.25) is 9.98 Å². The molecule has 0 saturated heterocycles. The number of alkyl halides is 3. The number of aromatic hydroxyl groups is 1. The number of aliphatic imine (C=N–C) groups is 1. The number of benzene rings is 1. The molecule has 1 aromatic carbocycles. The predicted molar refractivity (Wildman–Crippen MR) is 118 cm³/mol. The minimum Gasteiger partial charge on any atom is -0.504 e. The number of hydrogen-bond donors (Lipinski definition) is 4. The van der Waals surface area contributed by atoms with E-state index in [1.54, 1.807) is 6.20 Å². The molecule has 168 valence electrons. The highest BCUT2D eigenvalue weighted by atomic mass is 79.9. The van der Waals surface area contributed by atoms with Crippen molar-refractivity contribution in [2.75, 3.05) is 11.9 Å². The van der Waals surface area contributed by atoms with Gasteiger partial charge in [0.1, 0.15) is 11.8 Å².